The first kappa shape index (κ1) is 15.0. The molecule has 23 heavy (non-hydrogen) atoms. The Kier molecular flexibility index (Phi) is 3.69. The molecule has 1 aromatic heterocycles. The van der Waals surface area contributed by atoms with Crippen LogP contribution in [0.3, 0.4) is 0 Å². The van der Waals surface area contributed by atoms with Gasteiger partial charge in [-0.25, -0.2) is 0 Å². The summed E-state index contributed by atoms with van der Waals surface area (Å²) in [5.41, 5.74) is 1.59. The van der Waals surface area contributed by atoms with Crippen LogP contribution in [0.15, 0.2) is 30.3 Å². The Hall–Kier alpha value is -2.96. The minimum Gasteiger partial charge on any atom is -0.307 e. The number of hydrogen-bond donors (Lipinski definition) is 1. The van der Waals surface area contributed by atoms with Gasteiger partial charge in [-0.2, -0.15) is 5.10 Å². The molecule has 2 aromatic rings. The van der Waals surface area contributed by atoms with Crippen LogP contribution in [0.5, 0.6) is 0 Å². The first-order valence-electron chi connectivity index (χ1n) is 7.23. The normalized spacial score (nSPS) is 14.4. The summed E-state index contributed by atoms with van der Waals surface area (Å²) in [5, 5.41) is 6.92. The van der Waals surface area contributed by atoms with Crippen LogP contribution in [0.25, 0.3) is 0 Å². The van der Waals surface area contributed by atoms with Gasteiger partial charge in [-0.3, -0.25) is 24.0 Å². The number of carbonyl (C=O) groups is 3. The molecule has 0 radical (unpaired) electrons. The zero-order valence-electron chi connectivity index (χ0n) is 12.9. The van der Waals surface area contributed by atoms with Gasteiger partial charge < -0.3 is 5.32 Å². The van der Waals surface area contributed by atoms with Crippen LogP contribution in [0.4, 0.5) is 11.5 Å². The first-order valence-corrected chi connectivity index (χ1v) is 7.23. The molecule has 1 aromatic carbocycles. The molecular formula is C16H16N4O3. The fourth-order valence-corrected chi connectivity index (χ4v) is 2.57. The van der Waals surface area contributed by atoms with Gasteiger partial charge >= 0.3 is 0 Å². The lowest BCUT2D eigenvalue weighted by atomic mass is 10.1. The molecule has 1 aliphatic rings. The van der Waals surface area contributed by atoms with E-state index < -0.39 is 0 Å². The molecule has 1 saturated heterocycles. The van der Waals surface area contributed by atoms with Gasteiger partial charge in [0.1, 0.15) is 5.82 Å². The number of nitrogens with one attached hydrogen (secondary N) is 1. The standard InChI is InChI=1S/C16H16N4O3/c1-10-8-13(19(2)18-10)17-16(23)11-4-3-5-12(9-11)20-14(21)6-7-15(20)22/h3-5,8-9H,6-7H2,1-2H3,(H,17,23). The summed E-state index contributed by atoms with van der Waals surface area (Å²) in [7, 11) is 1.74. The third-order valence-corrected chi connectivity index (χ3v) is 3.66. The maximum atomic E-state index is 12.4. The van der Waals surface area contributed by atoms with Gasteiger partial charge in [0.05, 0.1) is 11.4 Å². The Bertz CT molecular complexity index is 793. The molecule has 3 amide bonds. The van der Waals surface area contributed by atoms with Gasteiger partial charge in [-0.05, 0) is 25.1 Å². The van der Waals surface area contributed by atoms with Crippen LogP contribution in [-0.4, -0.2) is 27.5 Å². The highest BCUT2D eigenvalue weighted by Gasteiger charge is 2.30. The van der Waals surface area contributed by atoms with Gasteiger partial charge in [-0.1, -0.05) is 6.07 Å². The second kappa shape index (κ2) is 5.68. The lowest BCUT2D eigenvalue weighted by Gasteiger charge is -2.14. The van der Waals surface area contributed by atoms with Crippen molar-refractivity contribution >= 4 is 29.2 Å². The quantitative estimate of drug-likeness (QED) is 0.873. The monoisotopic (exact) mass is 312 g/mol. The van der Waals surface area contributed by atoms with Crippen LogP contribution in [0.2, 0.25) is 0 Å². The average Bonchev–Trinajstić information content (AvgIpc) is 3.01. The summed E-state index contributed by atoms with van der Waals surface area (Å²) in [6.07, 6.45) is 0.424. The maximum absolute atomic E-state index is 12.4. The SMILES string of the molecule is Cc1cc(NC(=O)c2cccc(N3C(=O)CCC3=O)c2)n(C)n1. The predicted molar refractivity (Wildman–Crippen MR) is 84.1 cm³/mol. The molecule has 1 fully saturated rings. The van der Waals surface area contributed by atoms with Gasteiger partial charge in [0.15, 0.2) is 0 Å². The van der Waals surface area contributed by atoms with E-state index in [-0.39, 0.29) is 30.6 Å². The van der Waals surface area contributed by atoms with Crippen molar-refractivity contribution in [1.29, 1.82) is 0 Å². The van der Waals surface area contributed by atoms with E-state index in [1.807, 2.05) is 6.92 Å². The minimum atomic E-state index is -0.325. The highest BCUT2D eigenvalue weighted by atomic mass is 16.2. The smallest absolute Gasteiger partial charge is 0.256 e. The number of anilines is 2. The van der Waals surface area contributed by atoms with Crippen molar-refractivity contribution in [3.8, 4) is 0 Å². The van der Waals surface area contributed by atoms with E-state index >= 15 is 0 Å². The average molecular weight is 312 g/mol. The van der Waals surface area contributed by atoms with E-state index in [4.69, 9.17) is 0 Å². The number of nitrogens with zero attached hydrogens (tertiary/aromatic N) is 3. The topological polar surface area (TPSA) is 84.3 Å². The summed E-state index contributed by atoms with van der Waals surface area (Å²) in [5.74, 6) is -0.232. The second-order valence-corrected chi connectivity index (χ2v) is 5.42. The Labute approximate surface area is 132 Å². The Morgan fingerprint density at radius 1 is 1.17 bits per heavy atom. The fourth-order valence-electron chi connectivity index (χ4n) is 2.57. The summed E-state index contributed by atoms with van der Waals surface area (Å²) < 4.78 is 1.57. The molecule has 0 unspecified atom stereocenters. The number of benzene rings is 1. The highest BCUT2D eigenvalue weighted by Crippen LogP contribution is 2.23. The van der Waals surface area contributed by atoms with Gasteiger partial charge in [0, 0.05) is 31.5 Å². The molecule has 7 nitrogen and oxygen atoms in total. The Balaban J connectivity index is 1.84. The molecular weight excluding hydrogens is 296 g/mol. The van der Waals surface area contributed by atoms with Gasteiger partial charge in [0.25, 0.3) is 5.91 Å². The van der Waals surface area contributed by atoms with Gasteiger partial charge in [0.2, 0.25) is 11.8 Å². The van der Waals surface area contributed by atoms with E-state index in [0.29, 0.717) is 17.1 Å². The number of amides is 3. The third-order valence-electron chi connectivity index (χ3n) is 3.66. The maximum Gasteiger partial charge on any atom is 0.256 e. The Morgan fingerprint density at radius 2 is 1.87 bits per heavy atom. The Morgan fingerprint density at radius 3 is 2.48 bits per heavy atom. The molecule has 2 heterocycles. The molecule has 3 rings (SSSR count). The van der Waals surface area contributed by atoms with Crippen LogP contribution in [0, 0.1) is 6.92 Å². The molecule has 118 valence electrons. The van der Waals surface area contributed by atoms with E-state index in [1.165, 1.54) is 0 Å². The van der Waals surface area contributed by atoms with Crippen LogP contribution in [-0.2, 0) is 16.6 Å². The number of aryl methyl sites for hydroxylation is 2. The third kappa shape index (κ3) is 2.85. The number of rotatable bonds is 3. The summed E-state index contributed by atoms with van der Waals surface area (Å²) >= 11 is 0. The van der Waals surface area contributed by atoms with E-state index in [2.05, 4.69) is 10.4 Å². The number of hydrogen-bond acceptors (Lipinski definition) is 4. The molecule has 1 N–H and O–H groups in total. The lowest BCUT2D eigenvalue weighted by molar-refractivity contribution is -0.121. The van der Waals surface area contributed by atoms with Crippen LogP contribution >= 0.6 is 0 Å². The van der Waals surface area contributed by atoms with E-state index in [9.17, 15) is 14.4 Å². The summed E-state index contributed by atoms with van der Waals surface area (Å²) in [4.78, 5) is 37.1. The largest absolute Gasteiger partial charge is 0.307 e. The molecule has 0 atom stereocenters. The molecule has 0 aliphatic carbocycles. The highest BCUT2D eigenvalue weighted by molar-refractivity contribution is 6.20. The van der Waals surface area contributed by atoms with Crippen molar-refractivity contribution in [3.05, 3.63) is 41.6 Å². The van der Waals surface area contributed by atoms with Crippen molar-refractivity contribution in [3.63, 3.8) is 0 Å². The van der Waals surface area contributed by atoms with Crippen molar-refractivity contribution in [2.24, 2.45) is 7.05 Å². The second-order valence-electron chi connectivity index (χ2n) is 5.42. The lowest BCUT2D eigenvalue weighted by Crippen LogP contribution is -2.28. The van der Waals surface area contributed by atoms with Crippen molar-refractivity contribution in [2.45, 2.75) is 19.8 Å². The zero-order valence-corrected chi connectivity index (χ0v) is 12.9. The molecule has 0 bridgehead atoms. The summed E-state index contributed by atoms with van der Waals surface area (Å²) in [6, 6.07) is 8.23. The zero-order chi connectivity index (χ0) is 16.6. The molecule has 0 spiro atoms. The van der Waals surface area contributed by atoms with E-state index in [0.717, 1.165) is 10.6 Å². The number of carbonyl (C=O) groups excluding carboxylic acids is 3. The van der Waals surface area contributed by atoms with Gasteiger partial charge in [-0.15, -0.1) is 0 Å². The molecule has 7 heteroatoms. The van der Waals surface area contributed by atoms with Crippen molar-refractivity contribution in [1.82, 2.24) is 9.78 Å². The van der Waals surface area contributed by atoms with Crippen LogP contribution < -0.4 is 10.2 Å². The van der Waals surface area contributed by atoms with E-state index in [1.54, 1.807) is 42.1 Å². The van der Waals surface area contributed by atoms with Crippen molar-refractivity contribution in [2.75, 3.05) is 10.2 Å². The molecule has 0 saturated carbocycles. The van der Waals surface area contributed by atoms with Crippen molar-refractivity contribution < 1.29 is 14.4 Å². The fraction of sp³-hybridized carbons (Fsp3) is 0.250. The predicted octanol–water partition coefficient (Wildman–Crippen LogP) is 1.63. The minimum absolute atomic E-state index is 0.212. The summed E-state index contributed by atoms with van der Waals surface area (Å²) in [6.45, 7) is 1.83. The number of aromatic nitrogens is 2. The van der Waals surface area contributed by atoms with Crippen LogP contribution in [0.1, 0.15) is 28.9 Å². The number of imide groups is 1. The molecule has 1 aliphatic heterocycles. The first-order chi connectivity index (χ1) is 11.0.